The summed E-state index contributed by atoms with van der Waals surface area (Å²) in [5.74, 6) is -0.992. The number of halogens is 2. The number of nitrogens with two attached hydrogens (primary N) is 1. The van der Waals surface area contributed by atoms with Crippen LogP contribution < -0.4 is 5.73 Å². The Morgan fingerprint density at radius 3 is 1.80 bits per heavy atom. The topological polar surface area (TPSA) is 105 Å². The second-order valence-electron chi connectivity index (χ2n) is 6.45. The van der Waals surface area contributed by atoms with E-state index in [4.69, 9.17) is 5.73 Å². The number of hydrogen-bond donors (Lipinski definition) is 1. The van der Waals surface area contributed by atoms with Crippen molar-refractivity contribution in [2.45, 2.75) is 13.8 Å². The maximum Gasteiger partial charge on any atom is 0.272 e. The molecular weight excluding hydrogens is 394 g/mol. The molecule has 0 atom stereocenters. The van der Waals surface area contributed by atoms with Gasteiger partial charge in [-0.1, -0.05) is 0 Å². The third kappa shape index (κ3) is 4.66. The minimum absolute atomic E-state index is 0.242. The summed E-state index contributed by atoms with van der Waals surface area (Å²) >= 11 is 0. The predicted molar refractivity (Wildman–Crippen MR) is 108 cm³/mol. The number of anilines is 1. The summed E-state index contributed by atoms with van der Waals surface area (Å²) in [5.41, 5.74) is 7.90. The molecule has 0 aliphatic carbocycles. The third-order valence-electron chi connectivity index (χ3n) is 4.09. The molecule has 0 aliphatic heterocycles. The van der Waals surface area contributed by atoms with Crippen molar-refractivity contribution >= 4 is 11.4 Å². The smallest absolute Gasteiger partial charge is 0.272 e. The zero-order chi connectivity index (χ0) is 21.8. The van der Waals surface area contributed by atoms with E-state index in [-0.39, 0.29) is 17.2 Å². The number of nitrogen functional groups attached to an aromatic ring is 1. The number of nitrogens with zero attached hydrogens (tertiary/aromatic N) is 5. The highest BCUT2D eigenvalue weighted by molar-refractivity contribution is 5.46. The van der Waals surface area contributed by atoms with Crippen LogP contribution in [0.3, 0.4) is 0 Å². The summed E-state index contributed by atoms with van der Waals surface area (Å²) < 4.78 is 30.1. The number of nitro groups is 1. The Bertz CT molecular complexity index is 1200. The molecule has 4 rings (SSSR count). The molecule has 2 N–H and O–H groups in total. The molecule has 0 unspecified atom stereocenters. The Labute approximate surface area is 170 Å². The second-order valence-corrected chi connectivity index (χ2v) is 6.45. The average molecular weight is 412 g/mol. The number of aromatic nitrogens is 4. The van der Waals surface area contributed by atoms with Gasteiger partial charge in [0.15, 0.2) is 5.82 Å². The molecule has 2 aromatic heterocycles. The van der Waals surface area contributed by atoms with Gasteiger partial charge in [-0.05, 0) is 38.1 Å². The second kappa shape index (κ2) is 8.52. The standard InChI is InChI=1S/C10H8FN3O2.C10H10FN3/c1-7-5-13(6-12-7)10-3-2-8(14(15)16)4-9(10)11;1-7-5-14(6-13-7)10-3-2-8(12)4-9(10)11/h2-6H,1H3;2-6H,12H2,1H3. The van der Waals surface area contributed by atoms with Crippen molar-refractivity contribution in [2.75, 3.05) is 5.73 Å². The highest BCUT2D eigenvalue weighted by Gasteiger charge is 2.11. The fraction of sp³-hybridized carbons (Fsp3) is 0.100. The van der Waals surface area contributed by atoms with E-state index in [0.717, 1.165) is 17.5 Å². The van der Waals surface area contributed by atoms with E-state index in [0.29, 0.717) is 11.4 Å². The quantitative estimate of drug-likeness (QED) is 0.309. The predicted octanol–water partition coefficient (Wildman–Crippen LogP) is 4.13. The first-order valence-corrected chi connectivity index (χ1v) is 8.75. The van der Waals surface area contributed by atoms with E-state index in [2.05, 4.69) is 9.97 Å². The van der Waals surface area contributed by atoms with Crippen molar-refractivity contribution in [3.8, 4) is 11.4 Å². The molecule has 0 spiro atoms. The monoisotopic (exact) mass is 412 g/mol. The third-order valence-corrected chi connectivity index (χ3v) is 4.09. The van der Waals surface area contributed by atoms with Gasteiger partial charge >= 0.3 is 0 Å². The minimum atomic E-state index is -0.647. The van der Waals surface area contributed by atoms with E-state index >= 15 is 0 Å². The molecule has 0 aliphatic rings. The lowest BCUT2D eigenvalue weighted by molar-refractivity contribution is -0.385. The van der Waals surface area contributed by atoms with Crippen molar-refractivity contribution in [1.29, 1.82) is 0 Å². The Kier molecular flexibility index (Phi) is 5.86. The lowest BCUT2D eigenvalue weighted by Gasteiger charge is -2.03. The van der Waals surface area contributed by atoms with Gasteiger partial charge in [0.2, 0.25) is 0 Å². The van der Waals surface area contributed by atoms with Gasteiger partial charge in [-0.2, -0.15) is 0 Å². The van der Waals surface area contributed by atoms with Crippen molar-refractivity contribution < 1.29 is 13.7 Å². The molecule has 0 amide bonds. The summed E-state index contributed by atoms with van der Waals surface area (Å²) in [5, 5.41) is 10.4. The van der Waals surface area contributed by atoms with Crippen molar-refractivity contribution in [2.24, 2.45) is 0 Å². The van der Waals surface area contributed by atoms with Crippen LogP contribution >= 0.6 is 0 Å². The van der Waals surface area contributed by atoms with E-state index in [1.54, 1.807) is 42.3 Å². The van der Waals surface area contributed by atoms with Crippen LogP contribution in [0, 0.1) is 35.6 Å². The van der Waals surface area contributed by atoms with E-state index in [9.17, 15) is 18.9 Å². The molecule has 2 heterocycles. The van der Waals surface area contributed by atoms with Gasteiger partial charge in [-0.25, -0.2) is 18.7 Å². The molecule has 2 aromatic carbocycles. The van der Waals surface area contributed by atoms with Crippen LogP contribution in [0.2, 0.25) is 0 Å². The summed E-state index contributed by atoms with van der Waals surface area (Å²) in [6.07, 6.45) is 6.43. The zero-order valence-electron chi connectivity index (χ0n) is 16.2. The lowest BCUT2D eigenvalue weighted by Crippen LogP contribution is -1.96. The molecule has 30 heavy (non-hydrogen) atoms. The Morgan fingerprint density at radius 1 is 0.900 bits per heavy atom. The largest absolute Gasteiger partial charge is 0.399 e. The number of aryl methyl sites for hydroxylation is 2. The molecule has 10 heteroatoms. The van der Waals surface area contributed by atoms with Gasteiger partial charge in [0.05, 0.1) is 46.4 Å². The van der Waals surface area contributed by atoms with Crippen molar-refractivity contribution in [1.82, 2.24) is 19.1 Å². The molecule has 0 fully saturated rings. The first-order chi connectivity index (χ1) is 14.2. The van der Waals surface area contributed by atoms with E-state index in [1.165, 1.54) is 29.1 Å². The number of rotatable bonds is 3. The first kappa shape index (κ1) is 20.6. The normalized spacial score (nSPS) is 10.4. The maximum atomic E-state index is 13.6. The summed E-state index contributed by atoms with van der Waals surface area (Å²) in [6.45, 7) is 3.63. The van der Waals surface area contributed by atoms with Crippen LogP contribution in [0.15, 0.2) is 61.4 Å². The number of benzene rings is 2. The zero-order valence-corrected chi connectivity index (χ0v) is 16.2. The lowest BCUT2D eigenvalue weighted by atomic mass is 10.2. The Hall–Kier alpha value is -4.08. The fourth-order valence-corrected chi connectivity index (χ4v) is 2.66. The molecule has 0 saturated carbocycles. The Balaban J connectivity index is 0.000000172. The van der Waals surface area contributed by atoms with Crippen LogP contribution in [0.5, 0.6) is 0 Å². The molecule has 0 radical (unpaired) electrons. The molecule has 0 bridgehead atoms. The van der Waals surface area contributed by atoms with Crippen LogP contribution in [0.1, 0.15) is 11.4 Å². The van der Waals surface area contributed by atoms with E-state index < -0.39 is 10.7 Å². The summed E-state index contributed by atoms with van der Waals surface area (Å²) in [4.78, 5) is 17.8. The number of imidazole rings is 2. The number of hydrogen-bond acceptors (Lipinski definition) is 5. The van der Waals surface area contributed by atoms with E-state index in [1.807, 2.05) is 6.92 Å². The van der Waals surface area contributed by atoms with Crippen molar-refractivity contribution in [3.63, 3.8) is 0 Å². The van der Waals surface area contributed by atoms with Gasteiger partial charge in [0.1, 0.15) is 5.82 Å². The highest BCUT2D eigenvalue weighted by atomic mass is 19.1. The van der Waals surface area contributed by atoms with Gasteiger partial charge in [-0.15, -0.1) is 0 Å². The number of non-ortho nitro benzene ring substituents is 1. The minimum Gasteiger partial charge on any atom is -0.399 e. The van der Waals surface area contributed by atoms with Crippen LogP contribution in [0.25, 0.3) is 11.4 Å². The van der Waals surface area contributed by atoms with Gasteiger partial charge in [0.25, 0.3) is 5.69 Å². The van der Waals surface area contributed by atoms with Gasteiger partial charge in [0, 0.05) is 24.1 Å². The Morgan fingerprint density at radius 2 is 1.40 bits per heavy atom. The maximum absolute atomic E-state index is 13.6. The van der Waals surface area contributed by atoms with Crippen LogP contribution in [0.4, 0.5) is 20.2 Å². The molecular formula is C20H18F2N6O2. The molecule has 154 valence electrons. The van der Waals surface area contributed by atoms with Crippen LogP contribution in [-0.2, 0) is 0 Å². The van der Waals surface area contributed by atoms with Crippen LogP contribution in [-0.4, -0.2) is 24.0 Å². The fourth-order valence-electron chi connectivity index (χ4n) is 2.66. The van der Waals surface area contributed by atoms with Gasteiger partial charge in [-0.3, -0.25) is 10.1 Å². The molecule has 8 nitrogen and oxygen atoms in total. The summed E-state index contributed by atoms with van der Waals surface area (Å²) in [6, 6.07) is 8.09. The SMILES string of the molecule is Cc1cn(-c2ccc(N)cc2F)cn1.Cc1cn(-c2ccc([N+](=O)[O-])cc2F)cn1. The molecule has 4 aromatic rings. The summed E-state index contributed by atoms with van der Waals surface area (Å²) in [7, 11) is 0. The molecule has 0 saturated heterocycles. The first-order valence-electron chi connectivity index (χ1n) is 8.75. The van der Waals surface area contributed by atoms with Crippen molar-refractivity contribution in [3.05, 3.63) is 94.6 Å². The number of nitro benzene ring substituents is 1. The van der Waals surface area contributed by atoms with Gasteiger partial charge < -0.3 is 14.9 Å². The highest BCUT2D eigenvalue weighted by Crippen LogP contribution is 2.20. The average Bonchev–Trinajstić information content (AvgIpc) is 3.30.